The third-order valence-corrected chi connectivity index (χ3v) is 3.01. The molecule has 94 valence electrons. The molecule has 0 atom stereocenters. The summed E-state index contributed by atoms with van der Waals surface area (Å²) in [4.78, 5) is 15.1. The summed E-state index contributed by atoms with van der Waals surface area (Å²) >= 11 is 0. The lowest BCUT2D eigenvalue weighted by Crippen LogP contribution is -2.08. The molecule has 1 N–H and O–H groups in total. The van der Waals surface area contributed by atoms with E-state index in [1.807, 2.05) is 37.5 Å². The van der Waals surface area contributed by atoms with E-state index in [0.29, 0.717) is 0 Å². The van der Waals surface area contributed by atoms with Crippen LogP contribution in [0.3, 0.4) is 0 Å². The van der Waals surface area contributed by atoms with E-state index in [0.717, 1.165) is 22.6 Å². The predicted molar refractivity (Wildman–Crippen MR) is 69.1 cm³/mol. The quantitative estimate of drug-likeness (QED) is 0.902. The van der Waals surface area contributed by atoms with Gasteiger partial charge in [0.25, 0.3) is 0 Å². The standard InChI is InChI=1S/C14H16N2O2/c1-9-4-5-12(10(2)6-9)16-8-15-11(3)13(16)7-14(17)18/h4-6,8H,7H2,1-3H3,(H,17,18). The molecular weight excluding hydrogens is 228 g/mol. The molecule has 0 aliphatic heterocycles. The maximum atomic E-state index is 10.9. The van der Waals surface area contributed by atoms with Crippen molar-refractivity contribution in [3.63, 3.8) is 0 Å². The number of aliphatic carboxylic acids is 1. The Morgan fingerprint density at radius 1 is 1.33 bits per heavy atom. The van der Waals surface area contributed by atoms with Crippen LogP contribution in [0.1, 0.15) is 22.5 Å². The van der Waals surface area contributed by atoms with Crippen LogP contribution in [-0.2, 0) is 11.2 Å². The van der Waals surface area contributed by atoms with Gasteiger partial charge < -0.3 is 9.67 Å². The van der Waals surface area contributed by atoms with Crippen molar-refractivity contribution in [1.29, 1.82) is 0 Å². The van der Waals surface area contributed by atoms with Crippen LogP contribution in [0.5, 0.6) is 0 Å². The fourth-order valence-corrected chi connectivity index (χ4v) is 2.10. The Hall–Kier alpha value is -2.10. The number of rotatable bonds is 3. The van der Waals surface area contributed by atoms with Crippen molar-refractivity contribution in [3.05, 3.63) is 47.0 Å². The number of imidazole rings is 1. The SMILES string of the molecule is Cc1ccc(-n2cnc(C)c2CC(=O)O)c(C)c1. The summed E-state index contributed by atoms with van der Waals surface area (Å²) in [5.41, 5.74) is 4.77. The predicted octanol–water partition coefficient (Wildman–Crippen LogP) is 2.42. The average molecular weight is 244 g/mol. The fraction of sp³-hybridized carbons (Fsp3) is 0.286. The van der Waals surface area contributed by atoms with Crippen LogP contribution in [0.2, 0.25) is 0 Å². The molecule has 0 spiro atoms. The molecule has 18 heavy (non-hydrogen) atoms. The maximum Gasteiger partial charge on any atom is 0.309 e. The Kier molecular flexibility index (Phi) is 3.19. The molecule has 4 nitrogen and oxygen atoms in total. The van der Waals surface area contributed by atoms with Crippen molar-refractivity contribution in [1.82, 2.24) is 9.55 Å². The second-order valence-corrected chi connectivity index (χ2v) is 4.51. The van der Waals surface area contributed by atoms with E-state index in [-0.39, 0.29) is 6.42 Å². The minimum atomic E-state index is -0.843. The van der Waals surface area contributed by atoms with Gasteiger partial charge in [0.05, 0.1) is 24.1 Å². The summed E-state index contributed by atoms with van der Waals surface area (Å²) in [6, 6.07) is 6.09. The Labute approximate surface area is 106 Å². The number of carboxylic acids is 1. The number of benzene rings is 1. The summed E-state index contributed by atoms with van der Waals surface area (Å²) < 4.78 is 1.86. The van der Waals surface area contributed by atoms with Crippen molar-refractivity contribution in [2.75, 3.05) is 0 Å². The van der Waals surface area contributed by atoms with E-state index in [9.17, 15) is 4.79 Å². The summed E-state index contributed by atoms with van der Waals surface area (Å²) in [6.45, 7) is 5.88. The van der Waals surface area contributed by atoms with Crippen LogP contribution in [0.15, 0.2) is 24.5 Å². The molecule has 1 aromatic carbocycles. The number of carboxylic acid groups (broad SMARTS) is 1. The second-order valence-electron chi connectivity index (χ2n) is 4.51. The third kappa shape index (κ3) is 2.27. The first-order valence-corrected chi connectivity index (χ1v) is 5.81. The molecule has 4 heteroatoms. The molecule has 0 aliphatic carbocycles. The largest absolute Gasteiger partial charge is 0.481 e. The number of hydrogen-bond donors (Lipinski definition) is 1. The molecule has 0 bridgehead atoms. The highest BCUT2D eigenvalue weighted by Crippen LogP contribution is 2.19. The molecule has 1 heterocycles. The number of aromatic nitrogens is 2. The number of nitrogens with zero attached hydrogens (tertiary/aromatic N) is 2. The minimum absolute atomic E-state index is 0.0147. The van der Waals surface area contributed by atoms with Crippen LogP contribution >= 0.6 is 0 Å². The Morgan fingerprint density at radius 2 is 2.06 bits per heavy atom. The molecule has 0 aliphatic rings. The van der Waals surface area contributed by atoms with Crippen molar-refractivity contribution in [3.8, 4) is 5.69 Å². The van der Waals surface area contributed by atoms with Gasteiger partial charge in [-0.25, -0.2) is 4.98 Å². The first-order valence-electron chi connectivity index (χ1n) is 5.81. The van der Waals surface area contributed by atoms with Crippen LogP contribution < -0.4 is 0 Å². The molecule has 2 rings (SSSR count). The summed E-state index contributed by atoms with van der Waals surface area (Å²) in [6.07, 6.45) is 1.67. The van der Waals surface area contributed by atoms with Gasteiger partial charge in [-0.3, -0.25) is 4.79 Å². The zero-order valence-corrected chi connectivity index (χ0v) is 10.8. The summed E-state index contributed by atoms with van der Waals surface area (Å²) in [5, 5.41) is 8.95. The fourth-order valence-electron chi connectivity index (χ4n) is 2.10. The lowest BCUT2D eigenvalue weighted by atomic mass is 10.1. The van der Waals surface area contributed by atoms with Gasteiger partial charge in [0.15, 0.2) is 0 Å². The summed E-state index contributed by atoms with van der Waals surface area (Å²) in [5.74, 6) is -0.843. The topological polar surface area (TPSA) is 55.1 Å². The minimum Gasteiger partial charge on any atom is -0.481 e. The molecular formula is C14H16N2O2. The number of hydrogen-bond acceptors (Lipinski definition) is 2. The van der Waals surface area contributed by atoms with E-state index < -0.39 is 5.97 Å². The first-order chi connectivity index (χ1) is 8.49. The Bertz CT molecular complexity index is 600. The smallest absolute Gasteiger partial charge is 0.309 e. The molecule has 0 saturated heterocycles. The Morgan fingerprint density at radius 3 is 2.67 bits per heavy atom. The number of carbonyl (C=O) groups is 1. The first kappa shape index (κ1) is 12.4. The van der Waals surface area contributed by atoms with Crippen LogP contribution in [-0.4, -0.2) is 20.6 Å². The van der Waals surface area contributed by atoms with Gasteiger partial charge in [-0.15, -0.1) is 0 Å². The van der Waals surface area contributed by atoms with Crippen LogP contribution in [0.4, 0.5) is 0 Å². The van der Waals surface area contributed by atoms with E-state index in [1.54, 1.807) is 6.33 Å². The van der Waals surface area contributed by atoms with E-state index in [4.69, 9.17) is 5.11 Å². The van der Waals surface area contributed by atoms with Crippen molar-refractivity contribution >= 4 is 5.97 Å². The van der Waals surface area contributed by atoms with Gasteiger partial charge in [-0.2, -0.15) is 0 Å². The molecule has 0 saturated carbocycles. The normalized spacial score (nSPS) is 10.6. The third-order valence-electron chi connectivity index (χ3n) is 3.01. The van der Waals surface area contributed by atoms with Crippen LogP contribution in [0.25, 0.3) is 5.69 Å². The molecule has 2 aromatic rings. The van der Waals surface area contributed by atoms with Gasteiger partial charge >= 0.3 is 5.97 Å². The van der Waals surface area contributed by atoms with Gasteiger partial charge in [-0.1, -0.05) is 17.7 Å². The van der Waals surface area contributed by atoms with Crippen molar-refractivity contribution in [2.45, 2.75) is 27.2 Å². The van der Waals surface area contributed by atoms with E-state index >= 15 is 0 Å². The second kappa shape index (κ2) is 4.64. The zero-order chi connectivity index (χ0) is 13.3. The highest BCUT2D eigenvalue weighted by Gasteiger charge is 2.13. The lowest BCUT2D eigenvalue weighted by Gasteiger charge is -2.11. The summed E-state index contributed by atoms with van der Waals surface area (Å²) in [7, 11) is 0. The van der Waals surface area contributed by atoms with Crippen molar-refractivity contribution in [2.24, 2.45) is 0 Å². The highest BCUT2D eigenvalue weighted by atomic mass is 16.4. The molecule has 0 radical (unpaired) electrons. The lowest BCUT2D eigenvalue weighted by molar-refractivity contribution is -0.136. The molecule has 0 unspecified atom stereocenters. The maximum absolute atomic E-state index is 10.9. The van der Waals surface area contributed by atoms with Gasteiger partial charge in [-0.05, 0) is 32.4 Å². The van der Waals surface area contributed by atoms with E-state index in [1.165, 1.54) is 5.56 Å². The highest BCUT2D eigenvalue weighted by molar-refractivity contribution is 5.70. The number of aryl methyl sites for hydroxylation is 3. The Balaban J connectivity index is 2.53. The average Bonchev–Trinajstić information content (AvgIpc) is 2.60. The van der Waals surface area contributed by atoms with Crippen LogP contribution in [0, 0.1) is 20.8 Å². The van der Waals surface area contributed by atoms with E-state index in [2.05, 4.69) is 11.1 Å². The zero-order valence-electron chi connectivity index (χ0n) is 10.8. The van der Waals surface area contributed by atoms with Gasteiger partial charge in [0.1, 0.15) is 0 Å². The molecule has 0 fully saturated rings. The molecule has 0 amide bonds. The van der Waals surface area contributed by atoms with Gasteiger partial charge in [0, 0.05) is 5.69 Å². The van der Waals surface area contributed by atoms with Crippen molar-refractivity contribution < 1.29 is 9.90 Å². The van der Waals surface area contributed by atoms with Gasteiger partial charge in [0.2, 0.25) is 0 Å². The monoisotopic (exact) mass is 244 g/mol. The molecule has 1 aromatic heterocycles.